The third-order valence-corrected chi connectivity index (χ3v) is 2.62. The Bertz CT molecular complexity index is 266. The SMILES string of the molecule is CCCC(NC(=O)C(C)OCCC(C)C)C(=O)O. The van der Waals surface area contributed by atoms with E-state index in [1.165, 1.54) is 0 Å². The number of hydrogen-bond donors (Lipinski definition) is 2. The van der Waals surface area contributed by atoms with E-state index in [0.717, 1.165) is 6.42 Å². The Morgan fingerprint density at radius 1 is 1.22 bits per heavy atom. The Hall–Kier alpha value is -1.10. The molecule has 0 aromatic rings. The Labute approximate surface area is 109 Å². The van der Waals surface area contributed by atoms with Gasteiger partial charge in [-0.2, -0.15) is 0 Å². The van der Waals surface area contributed by atoms with E-state index in [4.69, 9.17) is 9.84 Å². The summed E-state index contributed by atoms with van der Waals surface area (Å²) < 4.78 is 5.37. The van der Waals surface area contributed by atoms with E-state index in [-0.39, 0.29) is 5.91 Å². The van der Waals surface area contributed by atoms with Crippen molar-refractivity contribution in [1.82, 2.24) is 5.32 Å². The van der Waals surface area contributed by atoms with Gasteiger partial charge in [0.1, 0.15) is 12.1 Å². The lowest BCUT2D eigenvalue weighted by Crippen LogP contribution is -2.45. The number of aliphatic carboxylic acids is 1. The lowest BCUT2D eigenvalue weighted by molar-refractivity contribution is -0.144. The summed E-state index contributed by atoms with van der Waals surface area (Å²) in [5.41, 5.74) is 0. The smallest absolute Gasteiger partial charge is 0.326 e. The first kappa shape index (κ1) is 16.9. The van der Waals surface area contributed by atoms with Gasteiger partial charge in [-0.05, 0) is 25.7 Å². The van der Waals surface area contributed by atoms with E-state index in [1.807, 2.05) is 6.92 Å². The molecule has 0 saturated heterocycles. The maximum absolute atomic E-state index is 11.7. The minimum Gasteiger partial charge on any atom is -0.480 e. The molecule has 2 unspecified atom stereocenters. The minimum absolute atomic E-state index is 0.361. The zero-order chi connectivity index (χ0) is 14.1. The first-order valence-electron chi connectivity index (χ1n) is 6.53. The van der Waals surface area contributed by atoms with Gasteiger partial charge < -0.3 is 15.2 Å². The van der Waals surface area contributed by atoms with E-state index in [0.29, 0.717) is 25.4 Å². The van der Waals surface area contributed by atoms with Crippen LogP contribution < -0.4 is 5.32 Å². The first-order chi connectivity index (χ1) is 8.38. The van der Waals surface area contributed by atoms with E-state index in [9.17, 15) is 9.59 Å². The van der Waals surface area contributed by atoms with Gasteiger partial charge >= 0.3 is 5.97 Å². The molecule has 2 N–H and O–H groups in total. The third kappa shape index (κ3) is 7.27. The number of hydrogen-bond acceptors (Lipinski definition) is 3. The molecular weight excluding hydrogens is 234 g/mol. The highest BCUT2D eigenvalue weighted by molar-refractivity contribution is 5.85. The summed E-state index contributed by atoms with van der Waals surface area (Å²) in [6.45, 7) is 8.19. The van der Waals surface area contributed by atoms with Gasteiger partial charge in [-0.25, -0.2) is 4.79 Å². The molecule has 0 aliphatic rings. The van der Waals surface area contributed by atoms with Gasteiger partial charge in [0.15, 0.2) is 0 Å². The summed E-state index contributed by atoms with van der Waals surface area (Å²) in [4.78, 5) is 22.6. The van der Waals surface area contributed by atoms with E-state index >= 15 is 0 Å². The molecule has 0 spiro atoms. The van der Waals surface area contributed by atoms with Crippen molar-refractivity contribution in [3.05, 3.63) is 0 Å². The monoisotopic (exact) mass is 259 g/mol. The fraction of sp³-hybridized carbons (Fsp3) is 0.846. The standard InChI is InChI=1S/C13H25NO4/c1-5-6-11(13(16)17)14-12(15)10(4)18-8-7-9(2)3/h9-11H,5-8H2,1-4H3,(H,14,15)(H,16,17). The highest BCUT2D eigenvalue weighted by Gasteiger charge is 2.22. The summed E-state index contributed by atoms with van der Waals surface area (Å²) in [5, 5.41) is 11.4. The van der Waals surface area contributed by atoms with Crippen molar-refractivity contribution in [2.45, 2.75) is 59.1 Å². The number of rotatable bonds is 9. The molecule has 1 amide bonds. The van der Waals surface area contributed by atoms with Crippen LogP contribution in [0.25, 0.3) is 0 Å². The van der Waals surface area contributed by atoms with Crippen molar-refractivity contribution >= 4 is 11.9 Å². The average Bonchev–Trinajstić information content (AvgIpc) is 2.27. The molecule has 0 bridgehead atoms. The van der Waals surface area contributed by atoms with Crippen molar-refractivity contribution in [3.8, 4) is 0 Å². The molecule has 0 aromatic carbocycles. The lowest BCUT2D eigenvalue weighted by Gasteiger charge is -2.18. The molecule has 0 fully saturated rings. The van der Waals surface area contributed by atoms with Gasteiger partial charge in [0.2, 0.25) is 5.91 Å². The zero-order valence-corrected chi connectivity index (χ0v) is 11.7. The maximum atomic E-state index is 11.7. The van der Waals surface area contributed by atoms with Crippen LogP contribution in [0, 0.1) is 5.92 Å². The van der Waals surface area contributed by atoms with Crippen LogP contribution in [0.15, 0.2) is 0 Å². The summed E-state index contributed by atoms with van der Waals surface area (Å²) in [7, 11) is 0. The maximum Gasteiger partial charge on any atom is 0.326 e. The highest BCUT2D eigenvalue weighted by atomic mass is 16.5. The topological polar surface area (TPSA) is 75.6 Å². The number of ether oxygens (including phenoxy) is 1. The quantitative estimate of drug-likeness (QED) is 0.662. The molecule has 0 rings (SSSR count). The zero-order valence-electron chi connectivity index (χ0n) is 11.7. The number of nitrogens with one attached hydrogen (secondary N) is 1. The van der Waals surface area contributed by atoms with E-state index in [1.54, 1.807) is 6.92 Å². The molecule has 0 aliphatic heterocycles. The van der Waals surface area contributed by atoms with Crippen molar-refractivity contribution in [1.29, 1.82) is 0 Å². The Morgan fingerprint density at radius 3 is 2.28 bits per heavy atom. The number of carbonyl (C=O) groups excluding carboxylic acids is 1. The third-order valence-electron chi connectivity index (χ3n) is 2.62. The fourth-order valence-corrected chi connectivity index (χ4v) is 1.39. The van der Waals surface area contributed by atoms with Gasteiger partial charge in [-0.3, -0.25) is 4.79 Å². The summed E-state index contributed by atoms with van der Waals surface area (Å²) in [6.07, 6.45) is 1.41. The molecule has 5 heteroatoms. The van der Waals surface area contributed by atoms with Crippen LogP contribution in [0.4, 0.5) is 0 Å². The van der Waals surface area contributed by atoms with Crippen LogP contribution in [0.3, 0.4) is 0 Å². The van der Waals surface area contributed by atoms with Gasteiger partial charge in [-0.15, -0.1) is 0 Å². The molecule has 18 heavy (non-hydrogen) atoms. The largest absolute Gasteiger partial charge is 0.480 e. The Kier molecular flexibility index (Phi) is 8.37. The number of carboxylic acid groups (broad SMARTS) is 1. The number of carbonyl (C=O) groups is 2. The molecule has 106 valence electrons. The predicted octanol–water partition coefficient (Wildman–Crippen LogP) is 1.81. The molecule has 0 heterocycles. The molecule has 0 aliphatic carbocycles. The van der Waals surface area contributed by atoms with Crippen molar-refractivity contribution < 1.29 is 19.4 Å². The number of amides is 1. The summed E-state index contributed by atoms with van der Waals surface area (Å²) >= 11 is 0. The van der Waals surface area contributed by atoms with Gasteiger partial charge in [0.05, 0.1) is 0 Å². The van der Waals surface area contributed by atoms with E-state index < -0.39 is 18.1 Å². The van der Waals surface area contributed by atoms with Gasteiger partial charge in [-0.1, -0.05) is 27.2 Å². The molecule has 0 aromatic heterocycles. The molecule has 2 atom stereocenters. The fourth-order valence-electron chi connectivity index (χ4n) is 1.39. The van der Waals surface area contributed by atoms with E-state index in [2.05, 4.69) is 19.2 Å². The highest BCUT2D eigenvalue weighted by Crippen LogP contribution is 2.03. The van der Waals surface area contributed by atoms with Crippen LogP contribution in [0.5, 0.6) is 0 Å². The molecular formula is C13H25NO4. The Balaban J connectivity index is 4.08. The van der Waals surface area contributed by atoms with Crippen molar-refractivity contribution in [3.63, 3.8) is 0 Å². The van der Waals surface area contributed by atoms with Crippen LogP contribution >= 0.6 is 0 Å². The molecule has 0 radical (unpaired) electrons. The Morgan fingerprint density at radius 2 is 1.83 bits per heavy atom. The van der Waals surface area contributed by atoms with Crippen LogP contribution in [-0.2, 0) is 14.3 Å². The second-order valence-corrected chi connectivity index (χ2v) is 4.88. The molecule has 5 nitrogen and oxygen atoms in total. The van der Waals surface area contributed by atoms with Crippen molar-refractivity contribution in [2.75, 3.05) is 6.61 Å². The summed E-state index contributed by atoms with van der Waals surface area (Å²) in [6, 6.07) is -0.821. The molecule has 0 saturated carbocycles. The van der Waals surface area contributed by atoms with Gasteiger partial charge in [0.25, 0.3) is 0 Å². The van der Waals surface area contributed by atoms with Crippen LogP contribution in [-0.4, -0.2) is 35.7 Å². The van der Waals surface area contributed by atoms with Gasteiger partial charge in [0, 0.05) is 6.61 Å². The normalized spacial score (nSPS) is 14.3. The summed E-state index contributed by atoms with van der Waals surface area (Å²) in [5.74, 6) is -0.841. The average molecular weight is 259 g/mol. The predicted molar refractivity (Wildman–Crippen MR) is 69.3 cm³/mol. The first-order valence-corrected chi connectivity index (χ1v) is 6.53. The second kappa shape index (κ2) is 8.91. The number of carboxylic acids is 1. The van der Waals surface area contributed by atoms with Crippen LogP contribution in [0.2, 0.25) is 0 Å². The van der Waals surface area contributed by atoms with Crippen LogP contribution in [0.1, 0.15) is 47.0 Å². The minimum atomic E-state index is -1.00. The van der Waals surface area contributed by atoms with Crippen molar-refractivity contribution in [2.24, 2.45) is 5.92 Å². The second-order valence-electron chi connectivity index (χ2n) is 4.88. The lowest BCUT2D eigenvalue weighted by atomic mass is 10.1.